The fraction of sp³-hybridized carbons (Fsp3) is 0.273. The number of aromatic nitrogens is 2. The van der Waals surface area contributed by atoms with Crippen LogP contribution in [0.25, 0.3) is 0 Å². The minimum Gasteiger partial charge on any atom is -0.385 e. The van der Waals surface area contributed by atoms with Gasteiger partial charge in [-0.1, -0.05) is 23.1 Å². The summed E-state index contributed by atoms with van der Waals surface area (Å²) in [4.78, 5) is 11.3. The largest absolute Gasteiger partial charge is 0.385 e. The molecule has 0 aliphatic rings. The molecule has 0 atom stereocenters. The topological polar surface area (TPSA) is 81.0 Å². The summed E-state index contributed by atoms with van der Waals surface area (Å²) in [5.74, 6) is 0. The van der Waals surface area contributed by atoms with E-state index in [1.165, 1.54) is 29.2 Å². The number of nitro benzene ring substituents is 1. The molecule has 0 saturated heterocycles. The molecule has 0 spiro atoms. The average molecular weight is 296 g/mol. The van der Waals surface area contributed by atoms with E-state index in [-0.39, 0.29) is 5.69 Å². The van der Waals surface area contributed by atoms with Crippen molar-refractivity contribution in [2.75, 3.05) is 11.9 Å². The molecule has 0 saturated carbocycles. The molecule has 0 unspecified atom stereocenters. The van der Waals surface area contributed by atoms with Crippen LogP contribution in [0.1, 0.15) is 11.9 Å². The molecule has 0 aliphatic heterocycles. The van der Waals surface area contributed by atoms with Gasteiger partial charge in [0, 0.05) is 29.3 Å². The van der Waals surface area contributed by atoms with Gasteiger partial charge in [0.1, 0.15) is 5.01 Å². The summed E-state index contributed by atoms with van der Waals surface area (Å²) in [6.45, 7) is 4.53. The van der Waals surface area contributed by atoms with Gasteiger partial charge in [-0.05, 0) is 19.9 Å². The second-order valence-electron chi connectivity index (χ2n) is 3.69. The van der Waals surface area contributed by atoms with Gasteiger partial charge >= 0.3 is 0 Å². The van der Waals surface area contributed by atoms with Crippen LogP contribution in [0.15, 0.2) is 27.4 Å². The molecule has 2 rings (SSSR count). The van der Waals surface area contributed by atoms with Crippen molar-refractivity contribution in [1.82, 2.24) is 10.2 Å². The summed E-state index contributed by atoms with van der Waals surface area (Å²) in [6, 6.07) is 4.94. The first kappa shape index (κ1) is 13.8. The molecule has 0 aliphatic carbocycles. The van der Waals surface area contributed by atoms with Gasteiger partial charge in [0.05, 0.1) is 4.92 Å². The number of nitrogens with zero attached hydrogens (tertiary/aromatic N) is 3. The van der Waals surface area contributed by atoms with Crippen molar-refractivity contribution in [3.8, 4) is 0 Å². The summed E-state index contributed by atoms with van der Waals surface area (Å²) >= 11 is 2.85. The molecule has 2 aromatic rings. The second kappa shape index (κ2) is 5.98. The fourth-order valence-corrected chi connectivity index (χ4v) is 3.36. The standard InChI is InChI=1S/C11H12N4O2S2/c1-3-12-8-4-9(15(16)17)6-10(5-8)19-11-14-13-7(2)18-11/h4-6,12H,3H2,1-2H3. The Hall–Kier alpha value is -1.67. The van der Waals surface area contributed by atoms with Crippen molar-refractivity contribution < 1.29 is 4.92 Å². The first-order chi connectivity index (χ1) is 9.08. The van der Waals surface area contributed by atoms with Gasteiger partial charge in [0.25, 0.3) is 5.69 Å². The first-order valence-electron chi connectivity index (χ1n) is 5.60. The van der Waals surface area contributed by atoms with Crippen molar-refractivity contribution in [2.45, 2.75) is 23.1 Å². The third-order valence-corrected chi connectivity index (χ3v) is 4.06. The summed E-state index contributed by atoms with van der Waals surface area (Å²) < 4.78 is 0.778. The predicted octanol–water partition coefficient (Wildman–Crippen LogP) is 3.34. The molecule has 8 heteroatoms. The Kier molecular flexibility index (Phi) is 4.33. The van der Waals surface area contributed by atoms with Crippen LogP contribution in [0.5, 0.6) is 0 Å². The van der Waals surface area contributed by atoms with E-state index in [1.807, 2.05) is 19.9 Å². The molecule has 19 heavy (non-hydrogen) atoms. The number of hydrogen-bond donors (Lipinski definition) is 1. The molecule has 1 heterocycles. The Morgan fingerprint density at radius 3 is 2.79 bits per heavy atom. The number of hydrogen-bond acceptors (Lipinski definition) is 7. The number of benzene rings is 1. The smallest absolute Gasteiger partial charge is 0.272 e. The number of anilines is 1. The minimum atomic E-state index is -0.393. The number of nitro groups is 1. The molecule has 0 fully saturated rings. The van der Waals surface area contributed by atoms with Crippen molar-refractivity contribution in [1.29, 1.82) is 0 Å². The Labute approximate surface area is 118 Å². The van der Waals surface area contributed by atoms with E-state index < -0.39 is 4.92 Å². The van der Waals surface area contributed by atoms with Gasteiger partial charge in [-0.3, -0.25) is 10.1 Å². The van der Waals surface area contributed by atoms with Gasteiger partial charge in [0.2, 0.25) is 0 Å². The Morgan fingerprint density at radius 1 is 1.42 bits per heavy atom. The van der Waals surface area contributed by atoms with E-state index in [0.717, 1.165) is 19.9 Å². The molecule has 100 valence electrons. The predicted molar refractivity (Wildman–Crippen MR) is 76.0 cm³/mol. The lowest BCUT2D eigenvalue weighted by atomic mass is 10.3. The maximum Gasteiger partial charge on any atom is 0.272 e. The highest BCUT2D eigenvalue weighted by molar-refractivity contribution is 8.01. The van der Waals surface area contributed by atoms with E-state index in [2.05, 4.69) is 15.5 Å². The van der Waals surface area contributed by atoms with Crippen LogP contribution in [-0.4, -0.2) is 21.7 Å². The molecule has 0 amide bonds. The number of rotatable bonds is 5. The van der Waals surface area contributed by atoms with E-state index in [9.17, 15) is 10.1 Å². The number of non-ortho nitro benzene ring substituents is 1. The molecule has 1 N–H and O–H groups in total. The van der Waals surface area contributed by atoms with Gasteiger partial charge < -0.3 is 5.32 Å². The minimum absolute atomic E-state index is 0.0715. The Morgan fingerprint density at radius 2 is 2.21 bits per heavy atom. The van der Waals surface area contributed by atoms with E-state index >= 15 is 0 Å². The first-order valence-corrected chi connectivity index (χ1v) is 7.23. The summed E-state index contributed by atoms with van der Waals surface area (Å²) in [6.07, 6.45) is 0. The highest BCUT2D eigenvalue weighted by Crippen LogP contribution is 2.34. The van der Waals surface area contributed by atoms with Crippen LogP contribution in [0, 0.1) is 17.0 Å². The lowest BCUT2D eigenvalue weighted by Crippen LogP contribution is -1.98. The van der Waals surface area contributed by atoms with Crippen LogP contribution in [0.2, 0.25) is 0 Å². The van der Waals surface area contributed by atoms with Crippen LogP contribution in [0.3, 0.4) is 0 Å². The lowest BCUT2D eigenvalue weighted by Gasteiger charge is -2.05. The lowest BCUT2D eigenvalue weighted by molar-refractivity contribution is -0.385. The van der Waals surface area contributed by atoms with Crippen molar-refractivity contribution in [3.63, 3.8) is 0 Å². The van der Waals surface area contributed by atoms with Gasteiger partial charge in [-0.15, -0.1) is 10.2 Å². The number of nitrogens with one attached hydrogen (secondary N) is 1. The normalized spacial score (nSPS) is 10.4. The number of aryl methyl sites for hydroxylation is 1. The Balaban J connectivity index is 2.30. The van der Waals surface area contributed by atoms with Crippen molar-refractivity contribution in [2.24, 2.45) is 0 Å². The maximum atomic E-state index is 10.9. The van der Waals surface area contributed by atoms with Gasteiger partial charge in [0.15, 0.2) is 4.34 Å². The third-order valence-electron chi connectivity index (χ3n) is 2.20. The molecule has 1 aromatic heterocycles. The maximum absolute atomic E-state index is 10.9. The van der Waals surface area contributed by atoms with Gasteiger partial charge in [-0.2, -0.15) is 0 Å². The molecular formula is C11H12N4O2S2. The van der Waals surface area contributed by atoms with Crippen LogP contribution < -0.4 is 5.32 Å². The van der Waals surface area contributed by atoms with Crippen LogP contribution in [0.4, 0.5) is 11.4 Å². The SMILES string of the molecule is CCNc1cc(Sc2nnc(C)s2)cc([N+](=O)[O-])c1. The molecule has 6 nitrogen and oxygen atoms in total. The second-order valence-corrected chi connectivity index (χ2v) is 6.19. The van der Waals surface area contributed by atoms with Crippen molar-refractivity contribution >= 4 is 34.5 Å². The summed E-state index contributed by atoms with van der Waals surface area (Å²) in [5, 5.41) is 22.8. The highest BCUT2D eigenvalue weighted by Gasteiger charge is 2.12. The highest BCUT2D eigenvalue weighted by atomic mass is 32.2. The quantitative estimate of drug-likeness (QED) is 0.673. The zero-order valence-electron chi connectivity index (χ0n) is 10.4. The third kappa shape index (κ3) is 3.65. The zero-order chi connectivity index (χ0) is 13.8. The van der Waals surface area contributed by atoms with E-state index in [1.54, 1.807) is 6.07 Å². The van der Waals surface area contributed by atoms with E-state index in [0.29, 0.717) is 6.54 Å². The van der Waals surface area contributed by atoms with E-state index in [4.69, 9.17) is 0 Å². The molecule has 1 aromatic carbocycles. The monoisotopic (exact) mass is 296 g/mol. The fourth-order valence-electron chi connectivity index (χ4n) is 1.47. The van der Waals surface area contributed by atoms with Crippen LogP contribution in [-0.2, 0) is 0 Å². The van der Waals surface area contributed by atoms with Gasteiger partial charge in [-0.25, -0.2) is 0 Å². The molecule has 0 bridgehead atoms. The van der Waals surface area contributed by atoms with Crippen LogP contribution >= 0.6 is 23.1 Å². The average Bonchev–Trinajstić information content (AvgIpc) is 2.75. The molecular weight excluding hydrogens is 284 g/mol. The molecule has 0 radical (unpaired) electrons. The van der Waals surface area contributed by atoms with Crippen molar-refractivity contribution in [3.05, 3.63) is 33.3 Å². The zero-order valence-corrected chi connectivity index (χ0v) is 12.0. The summed E-state index contributed by atoms with van der Waals surface area (Å²) in [7, 11) is 0. The summed E-state index contributed by atoms with van der Waals surface area (Å²) in [5.41, 5.74) is 0.808. The Bertz CT molecular complexity index is 600.